The number of aromatic amines is 1. The minimum absolute atomic E-state index is 0.770. The van der Waals surface area contributed by atoms with Gasteiger partial charge in [-0.05, 0) is 60.7 Å². The van der Waals surface area contributed by atoms with E-state index in [1.165, 1.54) is 16.7 Å². The Balaban J connectivity index is 0.00000100. The van der Waals surface area contributed by atoms with E-state index in [0.29, 0.717) is 0 Å². The van der Waals surface area contributed by atoms with E-state index < -0.39 is 0 Å². The van der Waals surface area contributed by atoms with Crippen LogP contribution in [-0.2, 0) is 6.42 Å². The first-order valence-electron chi connectivity index (χ1n) is 8.93. The van der Waals surface area contributed by atoms with Crippen LogP contribution >= 0.6 is 0 Å². The fourth-order valence-corrected chi connectivity index (χ4v) is 2.70. The van der Waals surface area contributed by atoms with E-state index in [1.54, 1.807) is 0 Å². The molecule has 3 heteroatoms. The number of hydrogen-bond acceptors (Lipinski definition) is 2. The Morgan fingerprint density at radius 2 is 1.71 bits per heavy atom. The molecule has 0 aliphatic heterocycles. The number of imidazole rings is 1. The zero-order valence-electron chi connectivity index (χ0n) is 15.4. The molecule has 0 radical (unpaired) electrons. The van der Waals surface area contributed by atoms with Gasteiger partial charge in [-0.3, -0.25) is 0 Å². The average molecular weight is 324 g/mol. The average Bonchev–Trinajstić information content (AvgIpc) is 3.00. The summed E-state index contributed by atoms with van der Waals surface area (Å²) in [5, 5.41) is 0. The second-order valence-electron chi connectivity index (χ2n) is 5.58. The van der Waals surface area contributed by atoms with Gasteiger partial charge in [-0.2, -0.15) is 0 Å². The standard InChI is InChI=1S/C19H22N2O.C2H6/c1-4-10-22-19-9-7-15(11-14(19)5-2)16-6-8-17-18(12-16)21-13(3)20-17;1-2/h6-9,11-12H,4-5,10H2,1-3H3,(H,20,21);1-2H3. The molecular formula is C21H28N2O. The Morgan fingerprint density at radius 1 is 1.00 bits per heavy atom. The fourth-order valence-electron chi connectivity index (χ4n) is 2.70. The van der Waals surface area contributed by atoms with Crippen molar-refractivity contribution in [3.63, 3.8) is 0 Å². The molecule has 0 unspecified atom stereocenters. The molecule has 0 aliphatic carbocycles. The predicted molar refractivity (Wildman–Crippen MR) is 103 cm³/mol. The van der Waals surface area contributed by atoms with Gasteiger partial charge in [0.25, 0.3) is 0 Å². The van der Waals surface area contributed by atoms with Gasteiger partial charge in [0.15, 0.2) is 0 Å². The van der Waals surface area contributed by atoms with Crippen LogP contribution in [0.5, 0.6) is 5.75 Å². The highest BCUT2D eigenvalue weighted by molar-refractivity contribution is 5.82. The Hall–Kier alpha value is -2.29. The maximum Gasteiger partial charge on any atom is 0.122 e. The lowest BCUT2D eigenvalue weighted by Crippen LogP contribution is -1.98. The molecule has 0 aliphatic rings. The minimum Gasteiger partial charge on any atom is -0.493 e. The van der Waals surface area contributed by atoms with Crippen molar-refractivity contribution < 1.29 is 4.74 Å². The SMILES string of the molecule is CC.CCCOc1ccc(-c2ccc3nc(C)[nH]c3c2)cc1CC. The molecule has 3 nitrogen and oxygen atoms in total. The van der Waals surface area contributed by atoms with Crippen LogP contribution in [-0.4, -0.2) is 16.6 Å². The number of ether oxygens (including phenoxy) is 1. The third kappa shape index (κ3) is 3.97. The molecule has 0 saturated carbocycles. The number of fused-ring (bicyclic) bond motifs is 1. The smallest absolute Gasteiger partial charge is 0.122 e. The Bertz CT molecular complexity index is 790. The van der Waals surface area contributed by atoms with Crippen molar-refractivity contribution in [2.45, 2.75) is 47.5 Å². The van der Waals surface area contributed by atoms with Crippen LogP contribution in [0.25, 0.3) is 22.2 Å². The molecule has 0 amide bonds. The second-order valence-corrected chi connectivity index (χ2v) is 5.58. The van der Waals surface area contributed by atoms with Gasteiger partial charge in [0.05, 0.1) is 17.6 Å². The highest BCUT2D eigenvalue weighted by atomic mass is 16.5. The van der Waals surface area contributed by atoms with Gasteiger partial charge in [-0.25, -0.2) is 4.98 Å². The summed E-state index contributed by atoms with van der Waals surface area (Å²) >= 11 is 0. The van der Waals surface area contributed by atoms with E-state index in [0.717, 1.165) is 42.1 Å². The highest BCUT2D eigenvalue weighted by Crippen LogP contribution is 2.29. The van der Waals surface area contributed by atoms with Crippen molar-refractivity contribution in [1.29, 1.82) is 0 Å². The Kier molecular flexibility index (Phi) is 6.42. The molecule has 0 spiro atoms. The quantitative estimate of drug-likeness (QED) is 0.633. The lowest BCUT2D eigenvalue weighted by atomic mass is 10.0. The number of hydrogen-bond donors (Lipinski definition) is 1. The maximum atomic E-state index is 5.83. The summed E-state index contributed by atoms with van der Waals surface area (Å²) in [4.78, 5) is 7.75. The van der Waals surface area contributed by atoms with Crippen LogP contribution in [0.1, 0.15) is 45.5 Å². The maximum absolute atomic E-state index is 5.83. The minimum atomic E-state index is 0.770. The van der Waals surface area contributed by atoms with Gasteiger partial charge >= 0.3 is 0 Å². The lowest BCUT2D eigenvalue weighted by molar-refractivity contribution is 0.314. The van der Waals surface area contributed by atoms with Crippen LogP contribution in [0.3, 0.4) is 0 Å². The zero-order valence-corrected chi connectivity index (χ0v) is 15.4. The van der Waals surface area contributed by atoms with E-state index >= 15 is 0 Å². The highest BCUT2D eigenvalue weighted by Gasteiger charge is 2.07. The number of aromatic nitrogens is 2. The van der Waals surface area contributed by atoms with Crippen LogP contribution in [0, 0.1) is 6.92 Å². The molecule has 0 atom stereocenters. The largest absolute Gasteiger partial charge is 0.493 e. The first kappa shape index (κ1) is 18.1. The topological polar surface area (TPSA) is 37.9 Å². The first-order valence-corrected chi connectivity index (χ1v) is 8.93. The lowest BCUT2D eigenvalue weighted by Gasteiger charge is -2.12. The number of rotatable bonds is 5. The van der Waals surface area contributed by atoms with E-state index in [4.69, 9.17) is 4.74 Å². The van der Waals surface area contributed by atoms with Gasteiger partial charge in [0, 0.05) is 0 Å². The number of H-pyrrole nitrogens is 1. The van der Waals surface area contributed by atoms with Gasteiger partial charge in [-0.15, -0.1) is 0 Å². The van der Waals surface area contributed by atoms with E-state index in [2.05, 4.69) is 60.2 Å². The Morgan fingerprint density at radius 3 is 2.42 bits per heavy atom. The molecule has 128 valence electrons. The van der Waals surface area contributed by atoms with Crippen molar-refractivity contribution in [3.05, 3.63) is 47.8 Å². The van der Waals surface area contributed by atoms with E-state index in [1.807, 2.05) is 20.8 Å². The summed E-state index contributed by atoms with van der Waals surface area (Å²) in [5.74, 6) is 1.95. The number of aryl methyl sites for hydroxylation is 2. The van der Waals surface area contributed by atoms with Crippen molar-refractivity contribution in [2.75, 3.05) is 6.61 Å². The monoisotopic (exact) mass is 324 g/mol. The molecule has 0 saturated heterocycles. The zero-order chi connectivity index (χ0) is 17.5. The summed E-state index contributed by atoms with van der Waals surface area (Å²) in [6.45, 7) is 11.0. The molecular weight excluding hydrogens is 296 g/mol. The molecule has 24 heavy (non-hydrogen) atoms. The molecule has 3 rings (SSSR count). The fraction of sp³-hybridized carbons (Fsp3) is 0.381. The van der Waals surface area contributed by atoms with Crippen molar-refractivity contribution in [3.8, 4) is 16.9 Å². The third-order valence-corrected chi connectivity index (χ3v) is 3.84. The summed E-state index contributed by atoms with van der Waals surface area (Å²) in [6, 6.07) is 12.8. The van der Waals surface area contributed by atoms with Gasteiger partial charge in [-0.1, -0.05) is 39.8 Å². The van der Waals surface area contributed by atoms with Gasteiger partial charge in [0.1, 0.15) is 11.6 Å². The molecule has 2 aromatic carbocycles. The van der Waals surface area contributed by atoms with Crippen LogP contribution < -0.4 is 4.74 Å². The van der Waals surface area contributed by atoms with E-state index in [9.17, 15) is 0 Å². The first-order chi connectivity index (χ1) is 11.7. The van der Waals surface area contributed by atoms with Gasteiger partial charge in [0.2, 0.25) is 0 Å². The van der Waals surface area contributed by atoms with Crippen LogP contribution in [0.4, 0.5) is 0 Å². The second kappa shape index (κ2) is 8.53. The molecule has 3 aromatic rings. The Labute approximate surface area is 145 Å². The van der Waals surface area contributed by atoms with Crippen LogP contribution in [0.15, 0.2) is 36.4 Å². The summed E-state index contributed by atoms with van der Waals surface area (Å²) in [5.41, 5.74) is 5.77. The number of nitrogens with zero attached hydrogens (tertiary/aromatic N) is 1. The number of nitrogens with one attached hydrogen (secondary N) is 1. The normalized spacial score (nSPS) is 10.4. The van der Waals surface area contributed by atoms with Crippen molar-refractivity contribution in [1.82, 2.24) is 9.97 Å². The summed E-state index contributed by atoms with van der Waals surface area (Å²) in [7, 11) is 0. The number of benzene rings is 2. The van der Waals surface area contributed by atoms with Crippen molar-refractivity contribution in [2.24, 2.45) is 0 Å². The molecule has 0 fully saturated rings. The summed E-state index contributed by atoms with van der Waals surface area (Å²) < 4.78 is 5.83. The van der Waals surface area contributed by atoms with E-state index in [-0.39, 0.29) is 0 Å². The van der Waals surface area contributed by atoms with Crippen LogP contribution in [0.2, 0.25) is 0 Å². The molecule has 0 bridgehead atoms. The molecule has 1 aromatic heterocycles. The molecule has 1 heterocycles. The third-order valence-electron chi connectivity index (χ3n) is 3.84. The molecule has 1 N–H and O–H groups in total. The predicted octanol–water partition coefficient (Wildman–Crippen LogP) is 5.92. The summed E-state index contributed by atoms with van der Waals surface area (Å²) in [6.07, 6.45) is 2.00. The van der Waals surface area contributed by atoms with Crippen molar-refractivity contribution >= 4 is 11.0 Å². The van der Waals surface area contributed by atoms with Gasteiger partial charge < -0.3 is 9.72 Å².